The van der Waals surface area contributed by atoms with Gasteiger partial charge in [0.05, 0.1) is 5.69 Å². The second-order valence-corrected chi connectivity index (χ2v) is 8.47. The molecule has 0 amide bonds. The Bertz CT molecular complexity index is 1400. The first-order chi connectivity index (χ1) is 16.3. The van der Waals surface area contributed by atoms with Crippen molar-refractivity contribution >= 4 is 16.9 Å². The predicted octanol–water partition coefficient (Wildman–Crippen LogP) is 4.17. The molecular weight excluding hydrogens is 445 g/mol. The molecule has 0 aliphatic carbocycles. The molecule has 0 saturated carbocycles. The highest BCUT2D eigenvalue weighted by atomic mass is 19.4. The van der Waals surface area contributed by atoms with E-state index in [0.29, 0.717) is 23.0 Å². The molecule has 1 aromatic carbocycles. The third kappa shape index (κ3) is 4.28. The normalized spacial score (nSPS) is 16.6. The van der Waals surface area contributed by atoms with Crippen molar-refractivity contribution in [1.29, 1.82) is 0 Å². The summed E-state index contributed by atoms with van der Waals surface area (Å²) in [5.41, 5.74) is 1.50. The molecule has 4 aromatic rings. The molecule has 1 atom stereocenters. The maximum atomic E-state index is 13.8. The summed E-state index contributed by atoms with van der Waals surface area (Å²) in [6, 6.07) is 8.69. The van der Waals surface area contributed by atoms with Crippen molar-refractivity contribution in [2.45, 2.75) is 25.1 Å². The van der Waals surface area contributed by atoms with Gasteiger partial charge in [-0.3, -0.25) is 4.79 Å². The Hall–Kier alpha value is -3.66. The lowest BCUT2D eigenvalue weighted by atomic mass is 10.0. The summed E-state index contributed by atoms with van der Waals surface area (Å²) < 4.78 is 43.0. The Morgan fingerprint density at radius 2 is 2.00 bits per heavy atom. The van der Waals surface area contributed by atoms with Crippen LogP contribution in [0.4, 0.5) is 19.1 Å². The van der Waals surface area contributed by atoms with Gasteiger partial charge < -0.3 is 20.2 Å². The van der Waals surface area contributed by atoms with E-state index in [0.717, 1.165) is 36.7 Å². The number of rotatable bonds is 4. The monoisotopic (exact) mass is 468 g/mol. The highest BCUT2D eigenvalue weighted by molar-refractivity contribution is 5.97. The number of benzene rings is 1. The van der Waals surface area contributed by atoms with Crippen LogP contribution in [0, 0.1) is 0 Å². The fourth-order valence-corrected chi connectivity index (χ4v) is 4.29. The van der Waals surface area contributed by atoms with Crippen molar-refractivity contribution in [2.24, 2.45) is 7.05 Å². The van der Waals surface area contributed by atoms with Crippen molar-refractivity contribution in [3.05, 3.63) is 64.8 Å². The first-order valence-corrected chi connectivity index (χ1v) is 11.0. The van der Waals surface area contributed by atoms with Crippen LogP contribution in [0.25, 0.3) is 33.3 Å². The number of nitrogens with zero attached hydrogens (tertiary/aromatic N) is 3. The number of anilines is 1. The van der Waals surface area contributed by atoms with Crippen LogP contribution in [0.3, 0.4) is 0 Å². The van der Waals surface area contributed by atoms with E-state index in [1.807, 2.05) is 12.1 Å². The number of alkyl halides is 3. The van der Waals surface area contributed by atoms with Gasteiger partial charge in [-0.15, -0.1) is 0 Å². The number of H-pyrrole nitrogens is 1. The molecule has 3 N–H and O–H groups in total. The number of halogens is 3. The molecule has 0 spiro atoms. The summed E-state index contributed by atoms with van der Waals surface area (Å²) in [5, 5.41) is 7.03. The summed E-state index contributed by atoms with van der Waals surface area (Å²) in [5.74, 6) is 0.174. The Labute approximate surface area is 193 Å². The van der Waals surface area contributed by atoms with Gasteiger partial charge in [0.15, 0.2) is 0 Å². The number of pyridine rings is 1. The van der Waals surface area contributed by atoms with Crippen molar-refractivity contribution in [2.75, 3.05) is 18.4 Å². The summed E-state index contributed by atoms with van der Waals surface area (Å²) in [6.45, 7) is 1.63. The summed E-state index contributed by atoms with van der Waals surface area (Å²) in [6.07, 6.45) is 1.38. The molecule has 0 unspecified atom stereocenters. The molecule has 1 fully saturated rings. The van der Waals surface area contributed by atoms with E-state index in [4.69, 9.17) is 0 Å². The number of hydrogen-bond donors (Lipinski definition) is 3. The van der Waals surface area contributed by atoms with E-state index in [1.165, 1.54) is 10.6 Å². The second-order valence-electron chi connectivity index (χ2n) is 8.47. The predicted molar refractivity (Wildman–Crippen MR) is 125 cm³/mol. The van der Waals surface area contributed by atoms with E-state index in [1.54, 1.807) is 31.6 Å². The highest BCUT2D eigenvalue weighted by Crippen LogP contribution is 2.39. The van der Waals surface area contributed by atoms with Crippen LogP contribution in [0.2, 0.25) is 0 Å². The Kier molecular flexibility index (Phi) is 5.60. The third-order valence-corrected chi connectivity index (χ3v) is 6.08. The Balaban J connectivity index is 1.56. The largest absolute Gasteiger partial charge is 0.419 e. The lowest BCUT2D eigenvalue weighted by molar-refractivity contribution is -0.137. The topological polar surface area (TPSA) is 87.6 Å². The fourth-order valence-electron chi connectivity index (χ4n) is 4.29. The highest BCUT2D eigenvalue weighted by Gasteiger charge is 2.36. The summed E-state index contributed by atoms with van der Waals surface area (Å²) in [7, 11) is 1.67. The van der Waals surface area contributed by atoms with E-state index in [9.17, 15) is 18.0 Å². The van der Waals surface area contributed by atoms with Crippen LogP contribution < -0.4 is 16.2 Å². The number of piperidine rings is 1. The van der Waals surface area contributed by atoms with E-state index in [-0.39, 0.29) is 23.2 Å². The Morgan fingerprint density at radius 1 is 1.18 bits per heavy atom. The van der Waals surface area contributed by atoms with Crippen LogP contribution in [0.5, 0.6) is 0 Å². The van der Waals surface area contributed by atoms with Crippen molar-refractivity contribution in [3.8, 4) is 22.4 Å². The molecule has 7 nitrogen and oxygen atoms in total. The van der Waals surface area contributed by atoms with Gasteiger partial charge in [0.1, 0.15) is 5.56 Å². The zero-order chi connectivity index (χ0) is 23.9. The van der Waals surface area contributed by atoms with E-state index < -0.39 is 11.7 Å². The first-order valence-electron chi connectivity index (χ1n) is 11.0. The minimum atomic E-state index is -4.60. The van der Waals surface area contributed by atoms with Gasteiger partial charge in [0.25, 0.3) is 0 Å². The minimum Gasteiger partial charge on any atom is -0.360 e. The number of hydrogen-bond acceptors (Lipinski definition) is 5. The molecule has 1 saturated heterocycles. The van der Waals surface area contributed by atoms with E-state index >= 15 is 0 Å². The van der Waals surface area contributed by atoms with Crippen molar-refractivity contribution in [3.63, 3.8) is 0 Å². The summed E-state index contributed by atoms with van der Waals surface area (Å²) in [4.78, 5) is 23.0. The maximum absolute atomic E-state index is 13.8. The van der Waals surface area contributed by atoms with Gasteiger partial charge in [-0.2, -0.15) is 13.2 Å². The molecular formula is C24H23F3N6O. The summed E-state index contributed by atoms with van der Waals surface area (Å²) >= 11 is 0. The van der Waals surface area contributed by atoms with Crippen molar-refractivity contribution < 1.29 is 13.2 Å². The molecule has 10 heteroatoms. The van der Waals surface area contributed by atoms with Crippen LogP contribution in [0.1, 0.15) is 18.4 Å². The number of nitrogens with one attached hydrogen (secondary N) is 3. The smallest absolute Gasteiger partial charge is 0.360 e. The van der Waals surface area contributed by atoms with Crippen LogP contribution in [-0.4, -0.2) is 38.7 Å². The van der Waals surface area contributed by atoms with Crippen LogP contribution in [0.15, 0.2) is 53.7 Å². The zero-order valence-corrected chi connectivity index (χ0v) is 18.4. The van der Waals surface area contributed by atoms with Crippen LogP contribution >= 0.6 is 0 Å². The van der Waals surface area contributed by atoms with Gasteiger partial charge in [-0.05, 0) is 42.6 Å². The van der Waals surface area contributed by atoms with Gasteiger partial charge in [0, 0.05) is 60.8 Å². The van der Waals surface area contributed by atoms with Crippen molar-refractivity contribution in [1.82, 2.24) is 24.8 Å². The molecule has 3 aromatic heterocycles. The molecule has 1 aliphatic heterocycles. The average Bonchev–Trinajstić information content (AvgIpc) is 3.24. The minimum absolute atomic E-state index is 0.0608. The lowest BCUT2D eigenvalue weighted by Crippen LogP contribution is -2.38. The standard InChI is InChI=1S/C24H23F3N6O/c1-33-13-15(5-7-21(33)34)14-4-6-17-18(11-29-20(17)9-14)22-19(24(25,26)27)12-30-23(32-22)31-16-3-2-8-28-10-16/h4-7,9,11-13,16,28-29H,2-3,8,10H2,1H3,(H,30,31,32)/t16-/m0/s1. The molecule has 176 valence electrons. The SMILES string of the molecule is Cn1cc(-c2ccc3c(-c4nc(N[C@H]5CCCNC5)ncc4C(F)(F)F)c[nH]c3c2)ccc1=O. The van der Waals surface area contributed by atoms with Gasteiger partial charge in [-0.1, -0.05) is 12.1 Å². The average molecular weight is 468 g/mol. The van der Waals surface area contributed by atoms with Crippen LogP contribution in [-0.2, 0) is 13.2 Å². The van der Waals surface area contributed by atoms with Gasteiger partial charge in [0.2, 0.25) is 11.5 Å². The number of aryl methyl sites for hydroxylation is 1. The molecule has 5 rings (SSSR count). The third-order valence-electron chi connectivity index (χ3n) is 6.08. The lowest BCUT2D eigenvalue weighted by Gasteiger charge is -2.24. The second kappa shape index (κ2) is 8.60. The molecule has 4 heterocycles. The molecule has 0 bridgehead atoms. The number of aromatic nitrogens is 4. The fraction of sp³-hybridized carbons (Fsp3) is 0.292. The maximum Gasteiger partial charge on any atom is 0.419 e. The first kappa shape index (κ1) is 22.1. The van der Waals surface area contributed by atoms with Gasteiger partial charge >= 0.3 is 6.18 Å². The molecule has 34 heavy (non-hydrogen) atoms. The number of fused-ring (bicyclic) bond motifs is 1. The van der Waals surface area contributed by atoms with E-state index in [2.05, 4.69) is 25.6 Å². The number of aromatic amines is 1. The molecule has 1 aliphatic rings. The van der Waals surface area contributed by atoms with Gasteiger partial charge in [-0.25, -0.2) is 9.97 Å². The quantitative estimate of drug-likeness (QED) is 0.419. The molecule has 0 radical (unpaired) electrons. The zero-order valence-electron chi connectivity index (χ0n) is 18.4. The Morgan fingerprint density at radius 3 is 2.74 bits per heavy atom.